The number of rotatable bonds is 5. The van der Waals surface area contributed by atoms with E-state index in [0.29, 0.717) is 12.5 Å². The van der Waals surface area contributed by atoms with Gasteiger partial charge in [0.15, 0.2) is 5.13 Å². The summed E-state index contributed by atoms with van der Waals surface area (Å²) in [5.74, 6) is 0.487. The number of benzene rings is 1. The third kappa shape index (κ3) is 3.62. The first kappa shape index (κ1) is 17.8. The molecule has 1 aliphatic rings. The molecule has 1 aliphatic heterocycles. The SMILES string of the molecule is Cc1cc(C(=O)NCC2CCN(c3ccccc3)C2)c(C)n1-c1nccs1. The van der Waals surface area contributed by atoms with Crippen molar-refractivity contribution in [3.8, 4) is 5.13 Å². The fourth-order valence-electron chi connectivity index (χ4n) is 3.82. The van der Waals surface area contributed by atoms with Crippen LogP contribution < -0.4 is 10.2 Å². The van der Waals surface area contributed by atoms with Crippen molar-refractivity contribution >= 4 is 22.9 Å². The lowest BCUT2D eigenvalue weighted by Gasteiger charge is -2.18. The molecule has 0 saturated carbocycles. The molecule has 1 fully saturated rings. The molecule has 1 saturated heterocycles. The molecule has 1 amide bonds. The summed E-state index contributed by atoms with van der Waals surface area (Å²) in [6.07, 6.45) is 2.89. The molecule has 5 nitrogen and oxygen atoms in total. The van der Waals surface area contributed by atoms with E-state index in [2.05, 4.69) is 39.5 Å². The summed E-state index contributed by atoms with van der Waals surface area (Å²) in [5.41, 5.74) is 3.97. The Morgan fingerprint density at radius 1 is 1.30 bits per heavy atom. The number of aryl methyl sites for hydroxylation is 1. The van der Waals surface area contributed by atoms with Crippen LogP contribution in [0.3, 0.4) is 0 Å². The van der Waals surface area contributed by atoms with E-state index in [9.17, 15) is 4.79 Å². The minimum Gasteiger partial charge on any atom is -0.371 e. The molecule has 3 heterocycles. The largest absolute Gasteiger partial charge is 0.371 e. The highest BCUT2D eigenvalue weighted by Crippen LogP contribution is 2.24. The van der Waals surface area contributed by atoms with Crippen molar-refractivity contribution in [1.82, 2.24) is 14.9 Å². The van der Waals surface area contributed by atoms with Crippen molar-refractivity contribution in [3.05, 3.63) is 64.9 Å². The molecular formula is C21H24N4OS. The van der Waals surface area contributed by atoms with Crippen molar-refractivity contribution in [2.45, 2.75) is 20.3 Å². The highest BCUT2D eigenvalue weighted by atomic mass is 32.1. The summed E-state index contributed by atoms with van der Waals surface area (Å²) in [5, 5.41) is 6.00. The van der Waals surface area contributed by atoms with Crippen LogP contribution in [-0.2, 0) is 0 Å². The summed E-state index contributed by atoms with van der Waals surface area (Å²) in [7, 11) is 0. The van der Waals surface area contributed by atoms with Crippen LogP contribution in [0.25, 0.3) is 5.13 Å². The van der Waals surface area contributed by atoms with Gasteiger partial charge in [0, 0.05) is 48.3 Å². The van der Waals surface area contributed by atoms with Crippen LogP contribution in [-0.4, -0.2) is 35.1 Å². The van der Waals surface area contributed by atoms with Gasteiger partial charge in [0.05, 0.1) is 5.56 Å². The van der Waals surface area contributed by atoms with E-state index in [0.717, 1.165) is 41.6 Å². The van der Waals surface area contributed by atoms with Crippen LogP contribution in [0.1, 0.15) is 28.2 Å². The Labute approximate surface area is 163 Å². The smallest absolute Gasteiger partial charge is 0.253 e. The van der Waals surface area contributed by atoms with E-state index >= 15 is 0 Å². The quantitative estimate of drug-likeness (QED) is 0.732. The van der Waals surface area contributed by atoms with Gasteiger partial charge in [0.2, 0.25) is 0 Å². The van der Waals surface area contributed by atoms with Crippen LogP contribution in [0.2, 0.25) is 0 Å². The Balaban J connectivity index is 1.39. The molecule has 1 atom stereocenters. The zero-order chi connectivity index (χ0) is 18.8. The van der Waals surface area contributed by atoms with Crippen LogP contribution in [0.15, 0.2) is 48.0 Å². The summed E-state index contributed by atoms with van der Waals surface area (Å²) < 4.78 is 2.05. The van der Waals surface area contributed by atoms with Gasteiger partial charge in [0.1, 0.15) is 0 Å². The van der Waals surface area contributed by atoms with Gasteiger partial charge < -0.3 is 10.2 Å². The minimum atomic E-state index is 0.00377. The van der Waals surface area contributed by atoms with Crippen LogP contribution in [0.4, 0.5) is 5.69 Å². The van der Waals surface area contributed by atoms with Crippen molar-refractivity contribution in [1.29, 1.82) is 0 Å². The number of hydrogen-bond donors (Lipinski definition) is 1. The summed E-state index contributed by atoms with van der Waals surface area (Å²) >= 11 is 1.58. The molecule has 27 heavy (non-hydrogen) atoms. The van der Waals surface area contributed by atoms with E-state index in [1.54, 1.807) is 17.5 Å². The Bertz CT molecular complexity index is 917. The lowest BCUT2D eigenvalue weighted by Crippen LogP contribution is -2.31. The molecule has 140 valence electrons. The highest BCUT2D eigenvalue weighted by Gasteiger charge is 2.24. The summed E-state index contributed by atoms with van der Waals surface area (Å²) in [6, 6.07) is 12.4. The standard InChI is InChI=1S/C21H24N4OS/c1-15-12-19(16(2)25(15)21-22-9-11-27-21)20(26)23-13-17-8-10-24(14-17)18-6-4-3-5-7-18/h3-7,9,11-12,17H,8,10,13-14H2,1-2H3,(H,23,26). The van der Waals surface area contributed by atoms with E-state index in [1.807, 2.05) is 35.9 Å². The molecule has 0 spiro atoms. The van der Waals surface area contributed by atoms with Crippen molar-refractivity contribution in [2.24, 2.45) is 5.92 Å². The third-order valence-electron chi connectivity index (χ3n) is 5.24. The van der Waals surface area contributed by atoms with Crippen molar-refractivity contribution in [2.75, 3.05) is 24.5 Å². The number of carbonyl (C=O) groups excluding carboxylic acids is 1. The molecule has 0 aliphatic carbocycles. The molecule has 3 aromatic rings. The van der Waals surface area contributed by atoms with E-state index in [1.165, 1.54) is 5.69 Å². The van der Waals surface area contributed by atoms with Crippen molar-refractivity contribution in [3.63, 3.8) is 0 Å². The van der Waals surface area contributed by atoms with Crippen LogP contribution in [0, 0.1) is 19.8 Å². The predicted octanol–water partition coefficient (Wildman–Crippen LogP) is 3.81. The van der Waals surface area contributed by atoms with E-state index in [4.69, 9.17) is 0 Å². The number of aromatic nitrogens is 2. The van der Waals surface area contributed by atoms with E-state index in [-0.39, 0.29) is 5.91 Å². The first-order valence-electron chi connectivity index (χ1n) is 9.30. The maximum Gasteiger partial charge on any atom is 0.253 e. The highest BCUT2D eigenvalue weighted by molar-refractivity contribution is 7.12. The second-order valence-corrected chi connectivity index (χ2v) is 7.95. The van der Waals surface area contributed by atoms with Gasteiger partial charge in [-0.05, 0) is 44.4 Å². The number of carbonyl (C=O) groups is 1. The van der Waals surface area contributed by atoms with Gasteiger partial charge >= 0.3 is 0 Å². The molecule has 0 radical (unpaired) electrons. The molecular weight excluding hydrogens is 356 g/mol. The fourth-order valence-corrected chi connectivity index (χ4v) is 4.57. The lowest BCUT2D eigenvalue weighted by molar-refractivity contribution is 0.0947. The zero-order valence-corrected chi connectivity index (χ0v) is 16.5. The second kappa shape index (κ2) is 7.56. The van der Waals surface area contributed by atoms with Crippen LogP contribution in [0.5, 0.6) is 0 Å². The second-order valence-electron chi connectivity index (χ2n) is 7.08. The summed E-state index contributed by atoms with van der Waals surface area (Å²) in [6.45, 7) is 6.74. The van der Waals surface area contributed by atoms with Gasteiger partial charge in [-0.15, -0.1) is 11.3 Å². The van der Waals surface area contributed by atoms with Gasteiger partial charge in [-0.25, -0.2) is 4.98 Å². The number of amides is 1. The van der Waals surface area contributed by atoms with Gasteiger partial charge in [-0.3, -0.25) is 9.36 Å². The van der Waals surface area contributed by atoms with E-state index < -0.39 is 0 Å². The number of para-hydroxylation sites is 1. The lowest BCUT2D eigenvalue weighted by atomic mass is 10.1. The number of hydrogen-bond acceptors (Lipinski definition) is 4. The monoisotopic (exact) mass is 380 g/mol. The summed E-state index contributed by atoms with van der Waals surface area (Å²) in [4.78, 5) is 19.5. The molecule has 1 aromatic carbocycles. The Kier molecular flexibility index (Phi) is 4.99. The average Bonchev–Trinajstić information content (AvgIpc) is 3.41. The number of thiazole rings is 1. The van der Waals surface area contributed by atoms with Crippen LogP contribution >= 0.6 is 11.3 Å². The predicted molar refractivity (Wildman–Crippen MR) is 110 cm³/mol. The molecule has 4 rings (SSSR count). The number of nitrogens with one attached hydrogen (secondary N) is 1. The Morgan fingerprint density at radius 2 is 2.11 bits per heavy atom. The van der Waals surface area contributed by atoms with Crippen molar-refractivity contribution < 1.29 is 4.79 Å². The third-order valence-corrected chi connectivity index (χ3v) is 6.00. The molecule has 1 unspecified atom stereocenters. The number of anilines is 1. The minimum absolute atomic E-state index is 0.00377. The van der Waals surface area contributed by atoms with Gasteiger partial charge in [-0.2, -0.15) is 0 Å². The first-order chi connectivity index (χ1) is 13.1. The maximum atomic E-state index is 12.8. The fraction of sp³-hybridized carbons (Fsp3) is 0.333. The maximum absolute atomic E-state index is 12.8. The average molecular weight is 381 g/mol. The zero-order valence-electron chi connectivity index (χ0n) is 15.7. The normalized spacial score (nSPS) is 16.7. The molecule has 6 heteroatoms. The van der Waals surface area contributed by atoms with Gasteiger partial charge in [-0.1, -0.05) is 18.2 Å². The van der Waals surface area contributed by atoms with Gasteiger partial charge in [0.25, 0.3) is 5.91 Å². The topological polar surface area (TPSA) is 50.2 Å². The first-order valence-corrected chi connectivity index (χ1v) is 10.2. The molecule has 0 bridgehead atoms. The molecule has 2 aromatic heterocycles. The Hall–Kier alpha value is -2.60. The molecule has 1 N–H and O–H groups in total. The number of nitrogens with zero attached hydrogens (tertiary/aromatic N) is 3. The Morgan fingerprint density at radius 3 is 2.85 bits per heavy atom.